The van der Waals surface area contributed by atoms with Crippen molar-refractivity contribution in [3.63, 3.8) is 0 Å². The van der Waals surface area contributed by atoms with Crippen LogP contribution < -0.4 is 10.6 Å². The fraction of sp³-hybridized carbons (Fsp3) is 0.172. The molecule has 39 heavy (non-hydrogen) atoms. The van der Waals surface area contributed by atoms with Crippen molar-refractivity contribution in [1.82, 2.24) is 14.9 Å². The summed E-state index contributed by atoms with van der Waals surface area (Å²) in [6.45, 7) is 0.828. The number of halogens is 2. The monoisotopic (exact) mass is 577 g/mol. The smallest absolute Gasteiger partial charge is 0.261 e. The predicted octanol–water partition coefficient (Wildman–Crippen LogP) is 7.09. The van der Waals surface area contributed by atoms with Crippen LogP contribution in [-0.4, -0.2) is 39.5 Å². The van der Waals surface area contributed by atoms with Crippen molar-refractivity contribution >= 4 is 64.0 Å². The molecule has 0 saturated carbocycles. The summed E-state index contributed by atoms with van der Waals surface area (Å²) in [5.74, 6) is 0.246. The molecule has 0 fully saturated rings. The molecule has 1 aromatic heterocycles. The third kappa shape index (κ3) is 6.19. The number of aryl methyl sites for hydroxylation is 1. The van der Waals surface area contributed by atoms with Crippen molar-refractivity contribution < 1.29 is 9.59 Å². The number of nitrogens with one attached hydrogen (secondary N) is 2. The van der Waals surface area contributed by atoms with Gasteiger partial charge in [0, 0.05) is 35.6 Å². The van der Waals surface area contributed by atoms with Crippen LogP contribution in [-0.2, 0) is 13.0 Å². The lowest BCUT2D eigenvalue weighted by molar-refractivity contribution is 0.0652. The standard InChI is InChI=1S/C29H25Cl2N5O2S/c1-39-29-33-17-19(16-32-25-12-11-20(30)15-24(25)31)26(35-29)34-21-8-4-6-18(14-21)7-5-13-36-27(37)22-9-2-3-10-23(22)28(36)38/h2-4,6,8-12,14-15,17,32H,5,7,13,16H2,1H3,(H,33,34,35). The van der Waals surface area contributed by atoms with Crippen molar-refractivity contribution in [2.45, 2.75) is 24.5 Å². The molecule has 0 radical (unpaired) electrons. The van der Waals surface area contributed by atoms with Crippen molar-refractivity contribution in [1.29, 1.82) is 0 Å². The second-order valence-corrected chi connectivity index (χ2v) is 10.6. The normalized spacial score (nSPS) is 12.5. The topological polar surface area (TPSA) is 87.2 Å². The van der Waals surface area contributed by atoms with Gasteiger partial charge in [0.05, 0.1) is 21.8 Å². The molecule has 7 nitrogen and oxygen atoms in total. The molecule has 3 aromatic carbocycles. The number of rotatable bonds is 10. The number of aromatic nitrogens is 2. The molecule has 0 unspecified atom stereocenters. The van der Waals surface area contributed by atoms with Gasteiger partial charge in [-0.25, -0.2) is 9.97 Å². The van der Waals surface area contributed by atoms with Gasteiger partial charge in [0.25, 0.3) is 11.8 Å². The number of hydrogen-bond acceptors (Lipinski definition) is 7. The lowest BCUT2D eigenvalue weighted by Gasteiger charge is -2.15. The van der Waals surface area contributed by atoms with Gasteiger partial charge in [-0.05, 0) is 67.1 Å². The van der Waals surface area contributed by atoms with Crippen LogP contribution >= 0.6 is 35.0 Å². The van der Waals surface area contributed by atoms with Crippen LogP contribution in [0.4, 0.5) is 17.2 Å². The Bertz CT molecular complexity index is 1510. The Morgan fingerprint density at radius 2 is 1.72 bits per heavy atom. The van der Waals surface area contributed by atoms with E-state index in [1.54, 1.807) is 42.6 Å². The van der Waals surface area contributed by atoms with E-state index in [0.717, 1.165) is 22.5 Å². The number of benzene rings is 3. The minimum absolute atomic E-state index is 0.222. The minimum atomic E-state index is -0.222. The second-order valence-electron chi connectivity index (χ2n) is 8.94. The first kappa shape index (κ1) is 27.0. The van der Waals surface area contributed by atoms with Crippen LogP contribution in [0.1, 0.15) is 38.3 Å². The molecule has 5 rings (SSSR count). The summed E-state index contributed by atoms with van der Waals surface area (Å²) >= 11 is 13.8. The van der Waals surface area contributed by atoms with Crippen LogP contribution in [0.25, 0.3) is 0 Å². The van der Waals surface area contributed by atoms with E-state index < -0.39 is 0 Å². The van der Waals surface area contributed by atoms with Crippen molar-refractivity contribution in [2.24, 2.45) is 0 Å². The highest BCUT2D eigenvalue weighted by Crippen LogP contribution is 2.28. The summed E-state index contributed by atoms with van der Waals surface area (Å²) in [7, 11) is 0. The second kappa shape index (κ2) is 12.1. The van der Waals surface area contributed by atoms with Crippen molar-refractivity contribution in [3.05, 3.63) is 105 Å². The Balaban J connectivity index is 1.24. The maximum Gasteiger partial charge on any atom is 0.261 e. The van der Waals surface area contributed by atoms with Gasteiger partial charge in [-0.1, -0.05) is 59.2 Å². The molecule has 0 aliphatic carbocycles. The summed E-state index contributed by atoms with van der Waals surface area (Å²) in [6.07, 6.45) is 5.10. The molecular weight excluding hydrogens is 553 g/mol. The van der Waals surface area contributed by atoms with E-state index in [1.807, 2.05) is 30.5 Å². The van der Waals surface area contributed by atoms with Gasteiger partial charge in [0.1, 0.15) is 5.82 Å². The number of carbonyl (C=O) groups excluding carboxylic acids is 2. The van der Waals surface area contributed by atoms with Gasteiger partial charge in [-0.3, -0.25) is 14.5 Å². The fourth-order valence-corrected chi connectivity index (χ4v) is 5.19. The molecule has 1 aliphatic rings. The van der Waals surface area contributed by atoms with Gasteiger partial charge in [0.2, 0.25) is 0 Å². The quantitative estimate of drug-likeness (QED) is 0.118. The van der Waals surface area contributed by atoms with E-state index in [4.69, 9.17) is 23.2 Å². The first-order valence-electron chi connectivity index (χ1n) is 12.3. The van der Waals surface area contributed by atoms with Gasteiger partial charge in [-0.15, -0.1) is 0 Å². The molecule has 2 heterocycles. The van der Waals surface area contributed by atoms with E-state index in [0.29, 0.717) is 58.1 Å². The van der Waals surface area contributed by atoms with Crippen LogP contribution in [0.3, 0.4) is 0 Å². The zero-order chi connectivity index (χ0) is 27.4. The van der Waals surface area contributed by atoms with Gasteiger partial charge < -0.3 is 10.6 Å². The maximum absolute atomic E-state index is 12.6. The highest BCUT2D eigenvalue weighted by Gasteiger charge is 2.34. The Labute approximate surface area is 241 Å². The zero-order valence-corrected chi connectivity index (χ0v) is 23.4. The van der Waals surface area contributed by atoms with E-state index in [-0.39, 0.29) is 11.8 Å². The molecule has 0 bridgehead atoms. The zero-order valence-electron chi connectivity index (χ0n) is 21.1. The molecule has 2 N–H and O–H groups in total. The first-order chi connectivity index (χ1) is 18.9. The van der Waals surface area contributed by atoms with Crippen LogP contribution in [0.5, 0.6) is 0 Å². The molecule has 2 amide bonds. The number of amides is 2. The molecule has 0 atom stereocenters. The van der Waals surface area contributed by atoms with Crippen molar-refractivity contribution in [2.75, 3.05) is 23.4 Å². The van der Waals surface area contributed by atoms with Gasteiger partial charge in [0.15, 0.2) is 5.16 Å². The summed E-state index contributed by atoms with van der Waals surface area (Å²) < 4.78 is 0. The Kier molecular flexibility index (Phi) is 8.35. The maximum atomic E-state index is 12.6. The third-order valence-electron chi connectivity index (χ3n) is 6.34. The van der Waals surface area contributed by atoms with Crippen LogP contribution in [0, 0.1) is 0 Å². The SMILES string of the molecule is CSc1ncc(CNc2ccc(Cl)cc2Cl)c(Nc2cccc(CCCN3C(=O)c4ccccc4C3=O)c2)n1. The average molecular weight is 579 g/mol. The summed E-state index contributed by atoms with van der Waals surface area (Å²) in [4.78, 5) is 35.7. The molecule has 10 heteroatoms. The number of thioether (sulfide) groups is 1. The Morgan fingerprint density at radius 3 is 2.44 bits per heavy atom. The summed E-state index contributed by atoms with van der Waals surface area (Å²) in [5, 5.41) is 8.51. The Morgan fingerprint density at radius 1 is 0.949 bits per heavy atom. The largest absolute Gasteiger partial charge is 0.380 e. The molecule has 4 aromatic rings. The van der Waals surface area contributed by atoms with Gasteiger partial charge >= 0.3 is 0 Å². The number of imide groups is 1. The van der Waals surface area contributed by atoms with Crippen LogP contribution in [0.15, 0.2) is 78.1 Å². The third-order valence-corrected chi connectivity index (χ3v) is 7.45. The number of carbonyl (C=O) groups is 2. The molecule has 0 saturated heterocycles. The minimum Gasteiger partial charge on any atom is -0.380 e. The lowest BCUT2D eigenvalue weighted by atomic mass is 10.1. The van der Waals surface area contributed by atoms with E-state index >= 15 is 0 Å². The number of fused-ring (bicyclic) bond motifs is 1. The van der Waals surface area contributed by atoms with E-state index in [1.165, 1.54) is 16.7 Å². The average Bonchev–Trinajstić information content (AvgIpc) is 3.18. The summed E-state index contributed by atoms with van der Waals surface area (Å²) in [5.41, 5.74) is 4.56. The fourth-order valence-electron chi connectivity index (χ4n) is 4.37. The number of anilines is 3. The molecule has 0 spiro atoms. The first-order valence-corrected chi connectivity index (χ1v) is 14.3. The highest BCUT2D eigenvalue weighted by molar-refractivity contribution is 7.98. The number of hydrogen-bond donors (Lipinski definition) is 2. The molecule has 1 aliphatic heterocycles. The van der Waals surface area contributed by atoms with Crippen molar-refractivity contribution in [3.8, 4) is 0 Å². The van der Waals surface area contributed by atoms with Gasteiger partial charge in [-0.2, -0.15) is 0 Å². The lowest BCUT2D eigenvalue weighted by Crippen LogP contribution is -2.30. The summed E-state index contributed by atoms with van der Waals surface area (Å²) in [6, 6.07) is 20.3. The number of nitrogens with zero attached hydrogens (tertiary/aromatic N) is 3. The predicted molar refractivity (Wildman–Crippen MR) is 157 cm³/mol. The Hall–Kier alpha value is -3.59. The molecule has 198 valence electrons. The molecular formula is C29H25Cl2N5O2S. The van der Waals surface area contributed by atoms with Crippen LogP contribution in [0.2, 0.25) is 10.0 Å². The highest BCUT2D eigenvalue weighted by atomic mass is 35.5. The van der Waals surface area contributed by atoms with E-state index in [9.17, 15) is 9.59 Å². The van der Waals surface area contributed by atoms with E-state index in [2.05, 4.69) is 26.7 Å².